The highest BCUT2D eigenvalue weighted by molar-refractivity contribution is 7.58. The van der Waals surface area contributed by atoms with Crippen LogP contribution in [0, 0.1) is 10.1 Å². The molecule has 0 amide bonds. The van der Waals surface area contributed by atoms with Crippen LogP contribution in [0.4, 0.5) is 5.69 Å². The van der Waals surface area contributed by atoms with Crippen LogP contribution < -0.4 is 4.74 Å². The maximum Gasteiger partial charge on any atom is 0.291 e. The Kier molecular flexibility index (Phi) is 5.83. The fourth-order valence-corrected chi connectivity index (χ4v) is 2.91. The molecule has 0 aliphatic carbocycles. The van der Waals surface area contributed by atoms with Crippen LogP contribution in [-0.2, 0) is 9.09 Å². The summed E-state index contributed by atoms with van der Waals surface area (Å²) < 4.78 is 22.7. The Morgan fingerprint density at radius 1 is 1.40 bits per heavy atom. The number of hydrogen-bond donors (Lipinski definition) is 0. The summed E-state index contributed by atoms with van der Waals surface area (Å²) >= 11 is 11.6. The van der Waals surface area contributed by atoms with Gasteiger partial charge in [0.15, 0.2) is 5.85 Å². The summed E-state index contributed by atoms with van der Waals surface area (Å²) in [5.74, 6) is -0.752. The van der Waals surface area contributed by atoms with Gasteiger partial charge in [-0.05, 0) is 19.9 Å². The highest BCUT2D eigenvalue weighted by atomic mass is 35.5. The molecule has 1 aromatic carbocycles. The number of nitro groups is 1. The molecular formula is C11H14Cl2NO5P. The number of nitro benzene ring substituents is 1. The zero-order chi connectivity index (χ0) is 15.5. The van der Waals surface area contributed by atoms with E-state index in [1.807, 2.05) is 0 Å². The second-order valence-corrected chi connectivity index (χ2v) is 7.65. The second kappa shape index (κ2) is 6.76. The van der Waals surface area contributed by atoms with Crippen molar-refractivity contribution in [2.75, 3.05) is 13.3 Å². The summed E-state index contributed by atoms with van der Waals surface area (Å²) in [6.07, 6.45) is 0. The van der Waals surface area contributed by atoms with Crippen LogP contribution in [0.25, 0.3) is 0 Å². The SMILES string of the molecule is CCOP(C)(=O)C(C)Oc1cc([N+](=O)[O-])c(Cl)cc1Cl. The van der Waals surface area contributed by atoms with Crippen LogP contribution in [-0.4, -0.2) is 24.0 Å². The molecule has 20 heavy (non-hydrogen) atoms. The van der Waals surface area contributed by atoms with E-state index in [-0.39, 0.29) is 28.1 Å². The van der Waals surface area contributed by atoms with Crippen LogP contribution in [0.3, 0.4) is 0 Å². The fourth-order valence-electron chi connectivity index (χ4n) is 1.39. The van der Waals surface area contributed by atoms with Crippen molar-refractivity contribution in [1.29, 1.82) is 0 Å². The van der Waals surface area contributed by atoms with Crippen LogP contribution >= 0.6 is 30.6 Å². The molecule has 0 saturated carbocycles. The van der Waals surface area contributed by atoms with Gasteiger partial charge in [0, 0.05) is 6.66 Å². The number of ether oxygens (including phenoxy) is 1. The van der Waals surface area contributed by atoms with Gasteiger partial charge in [0.1, 0.15) is 10.8 Å². The van der Waals surface area contributed by atoms with E-state index < -0.39 is 18.1 Å². The summed E-state index contributed by atoms with van der Waals surface area (Å²) in [6.45, 7) is 4.96. The molecule has 0 fully saturated rings. The molecule has 9 heteroatoms. The zero-order valence-electron chi connectivity index (χ0n) is 11.1. The number of nitrogens with zero attached hydrogens (tertiary/aromatic N) is 1. The van der Waals surface area contributed by atoms with E-state index in [9.17, 15) is 14.7 Å². The first-order chi connectivity index (χ1) is 9.19. The molecule has 2 atom stereocenters. The van der Waals surface area contributed by atoms with Crippen LogP contribution in [0.2, 0.25) is 10.0 Å². The van der Waals surface area contributed by atoms with E-state index in [4.69, 9.17) is 32.5 Å². The predicted octanol–water partition coefficient (Wildman–Crippen LogP) is 4.57. The molecule has 0 N–H and O–H groups in total. The maximum absolute atomic E-state index is 12.2. The van der Waals surface area contributed by atoms with Gasteiger partial charge in [-0.15, -0.1) is 0 Å². The molecule has 0 spiro atoms. The van der Waals surface area contributed by atoms with Gasteiger partial charge in [-0.25, -0.2) is 0 Å². The van der Waals surface area contributed by atoms with Crippen molar-refractivity contribution in [2.45, 2.75) is 19.7 Å². The van der Waals surface area contributed by atoms with E-state index >= 15 is 0 Å². The van der Waals surface area contributed by atoms with Crippen molar-refractivity contribution in [2.24, 2.45) is 0 Å². The quantitative estimate of drug-likeness (QED) is 0.430. The van der Waals surface area contributed by atoms with Crippen LogP contribution in [0.15, 0.2) is 12.1 Å². The van der Waals surface area contributed by atoms with Crippen molar-refractivity contribution in [3.8, 4) is 5.75 Å². The van der Waals surface area contributed by atoms with Gasteiger partial charge in [-0.1, -0.05) is 23.2 Å². The molecule has 0 bridgehead atoms. The fraction of sp³-hybridized carbons (Fsp3) is 0.455. The van der Waals surface area contributed by atoms with Gasteiger partial charge in [0.05, 0.1) is 22.6 Å². The molecule has 0 aliphatic heterocycles. The standard InChI is InChI=1S/C11H14Cl2NO5P/c1-4-18-20(3,17)7(2)19-11-6-10(14(15)16)8(12)5-9(11)13/h5-7H,4H2,1-3H3. The van der Waals surface area contributed by atoms with Crippen LogP contribution in [0.5, 0.6) is 5.75 Å². The van der Waals surface area contributed by atoms with E-state index in [0.29, 0.717) is 0 Å². The number of halogens is 2. The number of rotatable bonds is 6. The minimum atomic E-state index is -3.00. The molecule has 112 valence electrons. The lowest BCUT2D eigenvalue weighted by Crippen LogP contribution is -2.14. The van der Waals surface area contributed by atoms with E-state index in [2.05, 4.69) is 0 Å². The lowest BCUT2D eigenvalue weighted by Gasteiger charge is -2.22. The average molecular weight is 342 g/mol. The first-order valence-electron chi connectivity index (χ1n) is 5.70. The van der Waals surface area contributed by atoms with Gasteiger partial charge in [0.25, 0.3) is 5.69 Å². The second-order valence-electron chi connectivity index (χ2n) is 4.03. The third-order valence-electron chi connectivity index (χ3n) is 2.54. The Bertz CT molecular complexity index is 566. The molecule has 0 radical (unpaired) electrons. The third kappa shape index (κ3) is 4.09. The van der Waals surface area contributed by atoms with E-state index in [0.717, 1.165) is 6.07 Å². The van der Waals surface area contributed by atoms with Crippen molar-refractivity contribution < 1.29 is 18.7 Å². The number of benzene rings is 1. The molecule has 0 heterocycles. The summed E-state index contributed by atoms with van der Waals surface area (Å²) in [7, 11) is -3.00. The molecule has 1 rings (SSSR count). The van der Waals surface area contributed by atoms with Gasteiger partial charge >= 0.3 is 0 Å². The lowest BCUT2D eigenvalue weighted by atomic mass is 10.3. The Labute approximate surface area is 126 Å². The first-order valence-corrected chi connectivity index (χ1v) is 8.60. The zero-order valence-corrected chi connectivity index (χ0v) is 13.5. The molecule has 2 unspecified atom stereocenters. The Balaban J connectivity index is 3.06. The molecule has 0 aromatic heterocycles. The smallest absolute Gasteiger partial charge is 0.291 e. The van der Waals surface area contributed by atoms with Crippen molar-refractivity contribution >= 4 is 36.3 Å². The van der Waals surface area contributed by atoms with Crippen molar-refractivity contribution in [3.63, 3.8) is 0 Å². The molecule has 6 nitrogen and oxygen atoms in total. The summed E-state index contributed by atoms with van der Waals surface area (Å²) in [4.78, 5) is 10.2. The van der Waals surface area contributed by atoms with Gasteiger partial charge < -0.3 is 9.26 Å². The Hall–Kier alpha value is -0.810. The first kappa shape index (κ1) is 17.2. The molecular weight excluding hydrogens is 328 g/mol. The van der Waals surface area contributed by atoms with Crippen molar-refractivity contribution in [3.05, 3.63) is 32.3 Å². The average Bonchev–Trinajstić information content (AvgIpc) is 2.31. The largest absolute Gasteiger partial charge is 0.479 e. The molecule has 0 aliphatic rings. The summed E-state index contributed by atoms with van der Waals surface area (Å²) in [5, 5.41) is 10.8. The van der Waals surface area contributed by atoms with Gasteiger partial charge in [0.2, 0.25) is 7.37 Å². The molecule has 0 saturated heterocycles. The summed E-state index contributed by atoms with van der Waals surface area (Å²) in [5.41, 5.74) is -0.333. The van der Waals surface area contributed by atoms with Crippen LogP contribution in [0.1, 0.15) is 13.8 Å². The van der Waals surface area contributed by atoms with E-state index in [1.54, 1.807) is 13.8 Å². The minimum absolute atomic E-state index is 0.0389. The lowest BCUT2D eigenvalue weighted by molar-refractivity contribution is -0.384. The normalized spacial score (nSPS) is 15.4. The Morgan fingerprint density at radius 2 is 2.00 bits per heavy atom. The van der Waals surface area contributed by atoms with Crippen molar-refractivity contribution in [1.82, 2.24) is 0 Å². The monoisotopic (exact) mass is 341 g/mol. The minimum Gasteiger partial charge on any atom is -0.479 e. The van der Waals surface area contributed by atoms with E-state index in [1.165, 1.54) is 12.7 Å². The highest BCUT2D eigenvalue weighted by Crippen LogP contribution is 2.49. The maximum atomic E-state index is 12.2. The van der Waals surface area contributed by atoms with Gasteiger partial charge in [-0.3, -0.25) is 14.7 Å². The Morgan fingerprint density at radius 3 is 2.50 bits per heavy atom. The highest BCUT2D eigenvalue weighted by Gasteiger charge is 2.28. The summed E-state index contributed by atoms with van der Waals surface area (Å²) in [6, 6.07) is 2.32. The predicted molar refractivity (Wildman–Crippen MR) is 78.4 cm³/mol. The number of hydrogen-bond acceptors (Lipinski definition) is 5. The van der Waals surface area contributed by atoms with Gasteiger partial charge in [-0.2, -0.15) is 0 Å². The topological polar surface area (TPSA) is 78.7 Å². The molecule has 1 aromatic rings. The third-order valence-corrected chi connectivity index (χ3v) is 5.34.